The van der Waals surface area contributed by atoms with Gasteiger partial charge in [0.1, 0.15) is 6.61 Å². The molecule has 2 heterocycles. The predicted molar refractivity (Wildman–Crippen MR) is 90.4 cm³/mol. The first kappa shape index (κ1) is 16.3. The van der Waals surface area contributed by atoms with Gasteiger partial charge in [0.05, 0.1) is 11.1 Å². The average Bonchev–Trinajstić information content (AvgIpc) is 3.28. The first-order valence-corrected chi connectivity index (χ1v) is 8.34. The van der Waals surface area contributed by atoms with E-state index in [1.165, 1.54) is 0 Å². The third kappa shape index (κ3) is 3.17. The SMILES string of the molecule is O=C1OCC(C(=O)NC2(CNC(=O)c3cccc4ncccc34)CC2)O1. The van der Waals surface area contributed by atoms with Crippen molar-refractivity contribution in [3.63, 3.8) is 0 Å². The van der Waals surface area contributed by atoms with Gasteiger partial charge in [-0.2, -0.15) is 0 Å². The van der Waals surface area contributed by atoms with Crippen molar-refractivity contribution in [2.45, 2.75) is 24.5 Å². The number of amides is 2. The highest BCUT2D eigenvalue weighted by atomic mass is 16.8. The molecule has 8 heteroatoms. The van der Waals surface area contributed by atoms with E-state index < -0.39 is 23.7 Å². The Labute approximate surface area is 148 Å². The topological polar surface area (TPSA) is 107 Å². The minimum absolute atomic E-state index is 0.0872. The van der Waals surface area contributed by atoms with Crippen LogP contribution in [-0.4, -0.2) is 47.7 Å². The van der Waals surface area contributed by atoms with Crippen LogP contribution in [0.4, 0.5) is 4.79 Å². The normalized spacial score (nSPS) is 20.2. The van der Waals surface area contributed by atoms with E-state index in [4.69, 9.17) is 4.74 Å². The van der Waals surface area contributed by atoms with Crippen molar-refractivity contribution in [1.29, 1.82) is 0 Å². The lowest BCUT2D eigenvalue weighted by atomic mass is 10.1. The van der Waals surface area contributed by atoms with Gasteiger partial charge in [-0.25, -0.2) is 4.79 Å². The number of aromatic nitrogens is 1. The second kappa shape index (κ2) is 6.29. The van der Waals surface area contributed by atoms with Crippen LogP contribution in [0.5, 0.6) is 0 Å². The van der Waals surface area contributed by atoms with Crippen molar-refractivity contribution in [3.8, 4) is 0 Å². The number of nitrogens with zero attached hydrogens (tertiary/aromatic N) is 1. The van der Waals surface area contributed by atoms with Gasteiger partial charge in [0.15, 0.2) is 0 Å². The van der Waals surface area contributed by atoms with Crippen LogP contribution >= 0.6 is 0 Å². The van der Waals surface area contributed by atoms with Crippen LogP contribution in [0.25, 0.3) is 10.9 Å². The lowest BCUT2D eigenvalue weighted by molar-refractivity contribution is -0.128. The zero-order chi connectivity index (χ0) is 18.1. The molecule has 0 bridgehead atoms. The molecule has 134 valence electrons. The number of fused-ring (bicyclic) bond motifs is 1. The van der Waals surface area contributed by atoms with E-state index in [2.05, 4.69) is 20.4 Å². The molecule has 1 aliphatic heterocycles. The zero-order valence-electron chi connectivity index (χ0n) is 13.9. The number of pyridine rings is 1. The fraction of sp³-hybridized carbons (Fsp3) is 0.333. The molecule has 4 rings (SSSR count). The molecule has 1 aliphatic carbocycles. The summed E-state index contributed by atoms with van der Waals surface area (Å²) in [5.41, 5.74) is 0.790. The summed E-state index contributed by atoms with van der Waals surface area (Å²) in [5, 5.41) is 6.50. The van der Waals surface area contributed by atoms with Gasteiger partial charge in [-0.15, -0.1) is 0 Å². The molecule has 1 aromatic heterocycles. The summed E-state index contributed by atoms with van der Waals surface area (Å²) < 4.78 is 9.39. The highest BCUT2D eigenvalue weighted by Crippen LogP contribution is 2.35. The molecule has 8 nitrogen and oxygen atoms in total. The molecular weight excluding hydrogens is 338 g/mol. The summed E-state index contributed by atoms with van der Waals surface area (Å²) in [6.45, 7) is 0.214. The Kier molecular flexibility index (Phi) is 3.95. The van der Waals surface area contributed by atoms with E-state index in [1.807, 2.05) is 12.1 Å². The van der Waals surface area contributed by atoms with Gasteiger partial charge in [0.2, 0.25) is 6.10 Å². The van der Waals surface area contributed by atoms with Crippen molar-refractivity contribution in [2.24, 2.45) is 0 Å². The molecule has 2 amide bonds. The number of ether oxygens (including phenoxy) is 2. The Bertz CT molecular complexity index is 888. The predicted octanol–water partition coefficient (Wildman–Crippen LogP) is 1.15. The lowest BCUT2D eigenvalue weighted by Crippen LogP contribution is -2.49. The van der Waals surface area contributed by atoms with Gasteiger partial charge in [-0.05, 0) is 31.0 Å². The lowest BCUT2D eigenvalue weighted by Gasteiger charge is -2.19. The van der Waals surface area contributed by atoms with E-state index >= 15 is 0 Å². The van der Waals surface area contributed by atoms with Gasteiger partial charge in [-0.3, -0.25) is 14.6 Å². The Morgan fingerprint density at radius 2 is 2.08 bits per heavy atom. The standard InChI is InChI=1S/C18H17N3O5/c22-15(12-3-1-5-13-11(12)4-2-8-19-13)20-10-18(6-7-18)21-16(23)14-9-25-17(24)26-14/h1-5,8,14H,6-7,9-10H2,(H,20,22)(H,21,23). The number of carbonyl (C=O) groups is 3. The summed E-state index contributed by atoms with van der Waals surface area (Å²) in [6, 6.07) is 9.01. The minimum atomic E-state index is -0.931. The third-order valence-corrected chi connectivity index (χ3v) is 4.60. The Morgan fingerprint density at radius 3 is 2.81 bits per heavy atom. The molecule has 2 aromatic rings. The molecule has 0 spiro atoms. The summed E-state index contributed by atoms with van der Waals surface area (Å²) in [6.07, 6.45) is 1.40. The van der Waals surface area contributed by atoms with Crippen LogP contribution in [-0.2, 0) is 14.3 Å². The quantitative estimate of drug-likeness (QED) is 0.779. The molecule has 0 radical (unpaired) electrons. The molecule has 2 fully saturated rings. The summed E-state index contributed by atoms with van der Waals surface area (Å²) >= 11 is 0. The average molecular weight is 355 g/mol. The molecule has 1 saturated heterocycles. The summed E-state index contributed by atoms with van der Waals surface area (Å²) in [5.74, 6) is -0.628. The summed E-state index contributed by atoms with van der Waals surface area (Å²) in [4.78, 5) is 39.9. The Morgan fingerprint density at radius 1 is 1.23 bits per heavy atom. The molecule has 1 saturated carbocycles. The Hall–Kier alpha value is -3.16. The number of carbonyl (C=O) groups excluding carboxylic acids is 3. The molecule has 2 aliphatic rings. The number of benzene rings is 1. The van der Waals surface area contributed by atoms with Crippen LogP contribution in [0.1, 0.15) is 23.2 Å². The highest BCUT2D eigenvalue weighted by Gasteiger charge is 2.46. The molecule has 26 heavy (non-hydrogen) atoms. The molecule has 1 unspecified atom stereocenters. The maximum Gasteiger partial charge on any atom is 0.509 e. The number of nitrogens with one attached hydrogen (secondary N) is 2. The molecular formula is C18H17N3O5. The van der Waals surface area contributed by atoms with Crippen LogP contribution < -0.4 is 10.6 Å². The second-order valence-corrected chi connectivity index (χ2v) is 6.50. The van der Waals surface area contributed by atoms with E-state index in [0.717, 1.165) is 23.7 Å². The van der Waals surface area contributed by atoms with Crippen LogP contribution in [0, 0.1) is 0 Å². The van der Waals surface area contributed by atoms with Gasteiger partial charge < -0.3 is 20.1 Å². The van der Waals surface area contributed by atoms with Gasteiger partial charge >= 0.3 is 6.16 Å². The van der Waals surface area contributed by atoms with E-state index in [1.54, 1.807) is 24.4 Å². The fourth-order valence-electron chi connectivity index (χ4n) is 2.94. The van der Waals surface area contributed by atoms with E-state index in [-0.39, 0.29) is 12.5 Å². The molecule has 2 N–H and O–H groups in total. The van der Waals surface area contributed by atoms with E-state index in [9.17, 15) is 14.4 Å². The third-order valence-electron chi connectivity index (χ3n) is 4.60. The first-order valence-electron chi connectivity index (χ1n) is 8.34. The van der Waals surface area contributed by atoms with Crippen LogP contribution in [0.2, 0.25) is 0 Å². The largest absolute Gasteiger partial charge is 0.509 e. The zero-order valence-corrected chi connectivity index (χ0v) is 13.9. The molecule has 1 atom stereocenters. The maximum atomic E-state index is 12.6. The van der Waals surface area contributed by atoms with Crippen molar-refractivity contribution in [2.75, 3.05) is 13.2 Å². The van der Waals surface area contributed by atoms with Crippen LogP contribution in [0.15, 0.2) is 36.5 Å². The van der Waals surface area contributed by atoms with Gasteiger partial charge in [0, 0.05) is 23.7 Å². The second-order valence-electron chi connectivity index (χ2n) is 6.50. The number of rotatable bonds is 5. The highest BCUT2D eigenvalue weighted by molar-refractivity contribution is 6.06. The monoisotopic (exact) mass is 355 g/mol. The number of hydrogen-bond donors (Lipinski definition) is 2. The smallest absolute Gasteiger partial charge is 0.430 e. The van der Waals surface area contributed by atoms with Crippen molar-refractivity contribution in [1.82, 2.24) is 15.6 Å². The minimum Gasteiger partial charge on any atom is -0.430 e. The number of cyclic esters (lactones) is 2. The van der Waals surface area contributed by atoms with Gasteiger partial charge in [-0.1, -0.05) is 12.1 Å². The van der Waals surface area contributed by atoms with Crippen molar-refractivity contribution in [3.05, 3.63) is 42.1 Å². The molecule has 1 aromatic carbocycles. The first-order chi connectivity index (χ1) is 12.6. The number of hydrogen-bond acceptors (Lipinski definition) is 6. The van der Waals surface area contributed by atoms with E-state index in [0.29, 0.717) is 12.1 Å². The van der Waals surface area contributed by atoms with Crippen molar-refractivity contribution >= 4 is 28.9 Å². The maximum absolute atomic E-state index is 12.6. The Balaban J connectivity index is 1.39. The summed E-state index contributed by atoms with van der Waals surface area (Å²) in [7, 11) is 0. The van der Waals surface area contributed by atoms with Gasteiger partial charge in [0.25, 0.3) is 11.8 Å². The fourth-order valence-corrected chi connectivity index (χ4v) is 2.94. The van der Waals surface area contributed by atoms with Crippen LogP contribution in [0.3, 0.4) is 0 Å². The van der Waals surface area contributed by atoms with Crippen molar-refractivity contribution < 1.29 is 23.9 Å².